The van der Waals surface area contributed by atoms with E-state index >= 15 is 0 Å². The third kappa shape index (κ3) is 3.38. The molecular formula is C17H15ClFN3O2. The molecule has 2 heterocycles. The van der Waals surface area contributed by atoms with Gasteiger partial charge in [0.1, 0.15) is 5.82 Å². The van der Waals surface area contributed by atoms with Crippen molar-refractivity contribution in [2.75, 3.05) is 11.9 Å². The van der Waals surface area contributed by atoms with Crippen molar-refractivity contribution >= 4 is 29.1 Å². The van der Waals surface area contributed by atoms with Crippen LogP contribution in [0.1, 0.15) is 24.6 Å². The number of carbonyl (C=O) groups excluding carboxylic acids is 2. The van der Waals surface area contributed by atoms with E-state index in [9.17, 15) is 14.0 Å². The van der Waals surface area contributed by atoms with Gasteiger partial charge in [0.25, 0.3) is 0 Å². The molecule has 2 aromatic rings. The maximum Gasteiger partial charge on any atom is 0.313 e. The number of benzene rings is 1. The van der Waals surface area contributed by atoms with E-state index in [1.54, 1.807) is 12.3 Å². The summed E-state index contributed by atoms with van der Waals surface area (Å²) in [4.78, 5) is 30.5. The number of pyridine rings is 1. The molecule has 7 heteroatoms. The number of rotatable bonds is 2. The Morgan fingerprint density at radius 3 is 2.88 bits per heavy atom. The first-order valence-electron chi connectivity index (χ1n) is 7.54. The van der Waals surface area contributed by atoms with Crippen LogP contribution in [0.5, 0.6) is 0 Å². The van der Waals surface area contributed by atoms with Gasteiger partial charge in [0, 0.05) is 12.7 Å². The van der Waals surface area contributed by atoms with Crippen molar-refractivity contribution in [2.24, 2.45) is 0 Å². The Bertz CT molecular complexity index is 770. The SMILES string of the molecule is O=C(Nc1cc(F)ccc1Cl)C(=O)N1CCC[C@H]1c1ccccn1. The van der Waals surface area contributed by atoms with Crippen molar-refractivity contribution in [1.29, 1.82) is 0 Å². The number of halogens is 2. The lowest BCUT2D eigenvalue weighted by atomic mass is 10.1. The van der Waals surface area contributed by atoms with Crippen LogP contribution in [0.4, 0.5) is 10.1 Å². The fourth-order valence-corrected chi connectivity index (χ4v) is 2.95. The molecule has 0 radical (unpaired) electrons. The Balaban J connectivity index is 1.75. The van der Waals surface area contributed by atoms with Gasteiger partial charge < -0.3 is 10.2 Å². The molecule has 0 aliphatic carbocycles. The van der Waals surface area contributed by atoms with Crippen molar-refractivity contribution in [3.05, 3.63) is 59.1 Å². The van der Waals surface area contributed by atoms with Crippen molar-refractivity contribution in [2.45, 2.75) is 18.9 Å². The molecule has 5 nitrogen and oxygen atoms in total. The molecule has 1 atom stereocenters. The normalized spacial score (nSPS) is 16.9. The molecule has 0 spiro atoms. The summed E-state index contributed by atoms with van der Waals surface area (Å²) in [6.45, 7) is 0.477. The standard InChI is InChI=1S/C17H15ClFN3O2/c18-12-7-6-11(19)10-14(12)21-16(23)17(24)22-9-3-5-15(22)13-4-1-2-8-20-13/h1-2,4,6-8,10,15H,3,5,9H2,(H,21,23)/t15-/m0/s1. The maximum absolute atomic E-state index is 13.3. The van der Waals surface area contributed by atoms with Crippen molar-refractivity contribution < 1.29 is 14.0 Å². The number of aromatic nitrogens is 1. The summed E-state index contributed by atoms with van der Waals surface area (Å²) in [5.74, 6) is -2.07. The minimum atomic E-state index is -0.842. The molecule has 1 aliphatic rings. The lowest BCUT2D eigenvalue weighted by molar-refractivity contribution is -0.143. The highest BCUT2D eigenvalue weighted by atomic mass is 35.5. The molecule has 24 heavy (non-hydrogen) atoms. The van der Waals surface area contributed by atoms with E-state index in [-0.39, 0.29) is 16.8 Å². The number of hydrogen-bond acceptors (Lipinski definition) is 3. The van der Waals surface area contributed by atoms with E-state index in [0.717, 1.165) is 24.6 Å². The van der Waals surface area contributed by atoms with Gasteiger partial charge in [-0.05, 0) is 43.2 Å². The minimum absolute atomic E-state index is 0.0728. The first-order valence-corrected chi connectivity index (χ1v) is 7.92. The number of hydrogen-bond donors (Lipinski definition) is 1. The molecule has 0 bridgehead atoms. The van der Waals surface area contributed by atoms with Gasteiger partial charge in [-0.2, -0.15) is 0 Å². The molecule has 1 aliphatic heterocycles. The molecule has 0 unspecified atom stereocenters. The number of nitrogens with zero attached hydrogens (tertiary/aromatic N) is 2. The summed E-state index contributed by atoms with van der Waals surface area (Å²) in [5, 5.41) is 2.54. The second-order valence-corrected chi connectivity index (χ2v) is 5.90. The zero-order chi connectivity index (χ0) is 17.1. The molecule has 3 rings (SSSR count). The van der Waals surface area contributed by atoms with Crippen LogP contribution in [0, 0.1) is 5.82 Å². The summed E-state index contributed by atoms with van der Waals surface area (Å²) in [5.41, 5.74) is 0.823. The van der Waals surface area contributed by atoms with E-state index in [0.29, 0.717) is 6.54 Å². The summed E-state index contributed by atoms with van der Waals surface area (Å²) < 4.78 is 13.3. The molecule has 2 amide bonds. The van der Waals surface area contributed by atoms with Crippen LogP contribution in [-0.4, -0.2) is 28.2 Å². The van der Waals surface area contributed by atoms with Crippen molar-refractivity contribution in [3.63, 3.8) is 0 Å². The average molecular weight is 348 g/mol. The zero-order valence-corrected chi connectivity index (χ0v) is 13.5. The van der Waals surface area contributed by atoms with Gasteiger partial charge in [0.05, 0.1) is 22.4 Å². The van der Waals surface area contributed by atoms with Gasteiger partial charge >= 0.3 is 11.8 Å². The molecule has 124 valence electrons. The predicted octanol–water partition coefficient (Wildman–Crippen LogP) is 3.18. The van der Waals surface area contributed by atoms with Crippen molar-refractivity contribution in [3.8, 4) is 0 Å². The highest BCUT2D eigenvalue weighted by Gasteiger charge is 2.34. The number of likely N-dealkylation sites (tertiary alicyclic amines) is 1. The summed E-state index contributed by atoms with van der Waals surface area (Å²) >= 11 is 5.91. The van der Waals surface area contributed by atoms with Gasteiger partial charge in [0.2, 0.25) is 0 Å². The Labute approximate surface area is 143 Å². The fraction of sp³-hybridized carbons (Fsp3) is 0.235. The Morgan fingerprint density at radius 2 is 2.12 bits per heavy atom. The number of carbonyl (C=O) groups is 2. The summed E-state index contributed by atoms with van der Waals surface area (Å²) in [7, 11) is 0. The van der Waals surface area contributed by atoms with Gasteiger partial charge in [-0.1, -0.05) is 17.7 Å². The average Bonchev–Trinajstić information content (AvgIpc) is 3.08. The monoisotopic (exact) mass is 347 g/mol. The zero-order valence-electron chi connectivity index (χ0n) is 12.7. The third-order valence-electron chi connectivity index (χ3n) is 3.91. The molecular weight excluding hydrogens is 333 g/mol. The topological polar surface area (TPSA) is 62.3 Å². The first-order chi connectivity index (χ1) is 11.6. The number of anilines is 1. The van der Waals surface area contributed by atoms with Crippen LogP contribution < -0.4 is 5.32 Å². The van der Waals surface area contributed by atoms with Crippen LogP contribution in [-0.2, 0) is 9.59 Å². The van der Waals surface area contributed by atoms with Gasteiger partial charge in [-0.15, -0.1) is 0 Å². The third-order valence-corrected chi connectivity index (χ3v) is 4.24. The quantitative estimate of drug-likeness (QED) is 0.849. The number of nitrogens with one attached hydrogen (secondary N) is 1. The minimum Gasteiger partial charge on any atom is -0.326 e. The van der Waals surface area contributed by atoms with Crippen LogP contribution in [0.15, 0.2) is 42.6 Å². The first kappa shape index (κ1) is 16.4. The van der Waals surface area contributed by atoms with Crippen LogP contribution in [0.3, 0.4) is 0 Å². The molecule has 1 aromatic carbocycles. The van der Waals surface area contributed by atoms with E-state index in [1.807, 2.05) is 12.1 Å². The van der Waals surface area contributed by atoms with E-state index in [1.165, 1.54) is 17.0 Å². The Morgan fingerprint density at radius 1 is 1.29 bits per heavy atom. The van der Waals surface area contributed by atoms with E-state index < -0.39 is 17.6 Å². The number of amides is 2. The molecule has 1 N–H and O–H groups in total. The molecule has 1 saturated heterocycles. The maximum atomic E-state index is 13.3. The van der Waals surface area contributed by atoms with Gasteiger partial charge in [-0.3, -0.25) is 14.6 Å². The Hall–Kier alpha value is -2.47. The second kappa shape index (κ2) is 6.97. The van der Waals surface area contributed by atoms with Gasteiger partial charge in [0.15, 0.2) is 0 Å². The van der Waals surface area contributed by atoms with Crippen LogP contribution in [0.2, 0.25) is 5.02 Å². The van der Waals surface area contributed by atoms with Gasteiger partial charge in [-0.25, -0.2) is 4.39 Å². The lowest BCUT2D eigenvalue weighted by Gasteiger charge is -2.23. The smallest absolute Gasteiger partial charge is 0.313 e. The molecule has 1 aromatic heterocycles. The summed E-state index contributed by atoms with van der Waals surface area (Å²) in [6, 6.07) is 8.82. The van der Waals surface area contributed by atoms with E-state index in [4.69, 9.17) is 11.6 Å². The highest BCUT2D eigenvalue weighted by Crippen LogP contribution is 2.31. The second-order valence-electron chi connectivity index (χ2n) is 5.49. The largest absolute Gasteiger partial charge is 0.326 e. The fourth-order valence-electron chi connectivity index (χ4n) is 2.79. The highest BCUT2D eigenvalue weighted by molar-refractivity contribution is 6.41. The Kier molecular flexibility index (Phi) is 4.76. The van der Waals surface area contributed by atoms with E-state index in [2.05, 4.69) is 10.3 Å². The summed E-state index contributed by atoms with van der Waals surface area (Å²) in [6.07, 6.45) is 3.20. The predicted molar refractivity (Wildman–Crippen MR) is 88.0 cm³/mol. The molecule has 0 saturated carbocycles. The van der Waals surface area contributed by atoms with Crippen LogP contribution in [0.25, 0.3) is 0 Å². The van der Waals surface area contributed by atoms with Crippen molar-refractivity contribution in [1.82, 2.24) is 9.88 Å². The molecule has 1 fully saturated rings. The van der Waals surface area contributed by atoms with Crippen LogP contribution >= 0.6 is 11.6 Å². The lowest BCUT2D eigenvalue weighted by Crippen LogP contribution is -2.39.